The zero-order valence-electron chi connectivity index (χ0n) is 11.8. The molecule has 0 bridgehead atoms. The molecule has 1 heterocycles. The Morgan fingerprint density at radius 3 is 2.58 bits per heavy atom. The van der Waals surface area contributed by atoms with E-state index in [1.54, 1.807) is 6.20 Å². The monoisotopic (exact) mass is 275 g/mol. The minimum absolute atomic E-state index is 0.287. The summed E-state index contributed by atoms with van der Waals surface area (Å²) in [6, 6.07) is 10.4. The summed E-state index contributed by atoms with van der Waals surface area (Å²) in [5.41, 5.74) is 2.39. The van der Waals surface area contributed by atoms with E-state index in [0.29, 0.717) is 0 Å². The van der Waals surface area contributed by atoms with Crippen molar-refractivity contribution in [3.05, 3.63) is 48.3 Å². The summed E-state index contributed by atoms with van der Waals surface area (Å²) in [5, 5.41) is 7.72. The van der Waals surface area contributed by atoms with Gasteiger partial charge < -0.3 is 5.32 Å². The lowest BCUT2D eigenvalue weighted by molar-refractivity contribution is 0.591. The Kier molecular flexibility index (Phi) is 4.66. The third-order valence-corrected chi connectivity index (χ3v) is 4.39. The van der Waals surface area contributed by atoms with Gasteiger partial charge in [-0.3, -0.25) is 0 Å². The van der Waals surface area contributed by atoms with E-state index in [1.165, 1.54) is 5.56 Å². The highest BCUT2D eigenvalue weighted by Gasteiger charge is 2.14. The Morgan fingerprint density at radius 2 is 2.00 bits per heavy atom. The second-order valence-electron chi connectivity index (χ2n) is 5.18. The van der Waals surface area contributed by atoms with Crippen molar-refractivity contribution in [1.82, 2.24) is 15.1 Å². The molecule has 0 aliphatic rings. The first kappa shape index (κ1) is 14.2. The third kappa shape index (κ3) is 4.11. The molecule has 1 aromatic carbocycles. The molecule has 0 aliphatic heterocycles. The van der Waals surface area contributed by atoms with Crippen molar-refractivity contribution in [2.24, 2.45) is 0 Å². The molecule has 3 nitrogen and oxygen atoms in total. The molecule has 0 unspecified atom stereocenters. The Bertz CT molecular complexity index is 489. The number of thioether (sulfide) groups is 1. The highest BCUT2D eigenvalue weighted by molar-refractivity contribution is 7.99. The van der Waals surface area contributed by atoms with E-state index in [-0.39, 0.29) is 4.75 Å². The molecule has 2 rings (SSSR count). The van der Waals surface area contributed by atoms with Crippen molar-refractivity contribution in [3.63, 3.8) is 0 Å². The molecule has 0 atom stereocenters. The van der Waals surface area contributed by atoms with Gasteiger partial charge in [0.15, 0.2) is 0 Å². The van der Waals surface area contributed by atoms with Crippen LogP contribution < -0.4 is 5.32 Å². The molecule has 102 valence electrons. The maximum absolute atomic E-state index is 4.22. The van der Waals surface area contributed by atoms with E-state index < -0.39 is 0 Å². The first-order valence-corrected chi connectivity index (χ1v) is 7.68. The molecule has 4 heteroatoms. The predicted octanol–water partition coefficient (Wildman–Crippen LogP) is 3.10. The fourth-order valence-electron chi connectivity index (χ4n) is 1.77. The third-order valence-electron chi connectivity index (χ3n) is 3.14. The minimum Gasteiger partial charge on any atom is -0.311 e. The molecule has 0 radical (unpaired) electrons. The average molecular weight is 275 g/mol. The fourth-order valence-corrected chi connectivity index (χ4v) is 2.01. The van der Waals surface area contributed by atoms with E-state index in [9.17, 15) is 0 Å². The van der Waals surface area contributed by atoms with Gasteiger partial charge in [0.1, 0.15) is 0 Å². The Hall–Kier alpha value is -1.26. The lowest BCUT2D eigenvalue weighted by Gasteiger charge is -2.22. The molecule has 0 aliphatic carbocycles. The van der Waals surface area contributed by atoms with Crippen LogP contribution in [0.5, 0.6) is 0 Å². The van der Waals surface area contributed by atoms with Gasteiger partial charge in [0, 0.05) is 30.2 Å². The Labute approximate surface area is 119 Å². The van der Waals surface area contributed by atoms with Crippen LogP contribution in [0.1, 0.15) is 19.4 Å². The van der Waals surface area contributed by atoms with Gasteiger partial charge >= 0.3 is 0 Å². The SMILES string of the molecule is CSC(C)(C)CNCc1ccc(-n2cccn2)cc1. The highest BCUT2D eigenvalue weighted by Crippen LogP contribution is 2.19. The smallest absolute Gasteiger partial charge is 0.0645 e. The summed E-state index contributed by atoms with van der Waals surface area (Å²) in [6.07, 6.45) is 5.90. The highest BCUT2D eigenvalue weighted by atomic mass is 32.2. The number of nitrogens with zero attached hydrogens (tertiary/aromatic N) is 2. The van der Waals surface area contributed by atoms with Crippen molar-refractivity contribution < 1.29 is 0 Å². The van der Waals surface area contributed by atoms with E-state index in [0.717, 1.165) is 18.8 Å². The summed E-state index contributed by atoms with van der Waals surface area (Å²) in [7, 11) is 0. The van der Waals surface area contributed by atoms with Crippen LogP contribution in [0.15, 0.2) is 42.7 Å². The molecule has 0 fully saturated rings. The van der Waals surface area contributed by atoms with Gasteiger partial charge in [-0.15, -0.1) is 0 Å². The zero-order chi connectivity index (χ0) is 13.7. The zero-order valence-corrected chi connectivity index (χ0v) is 12.6. The average Bonchev–Trinajstić information content (AvgIpc) is 2.93. The van der Waals surface area contributed by atoms with Crippen molar-refractivity contribution in [3.8, 4) is 5.69 Å². The van der Waals surface area contributed by atoms with Gasteiger partial charge in [-0.25, -0.2) is 4.68 Å². The molecular weight excluding hydrogens is 254 g/mol. The number of hydrogen-bond acceptors (Lipinski definition) is 3. The summed E-state index contributed by atoms with van der Waals surface area (Å²) >= 11 is 1.89. The van der Waals surface area contributed by atoms with E-state index >= 15 is 0 Å². The van der Waals surface area contributed by atoms with Gasteiger partial charge in [-0.2, -0.15) is 16.9 Å². The Morgan fingerprint density at radius 1 is 1.26 bits per heavy atom. The molecule has 0 saturated carbocycles. The van der Waals surface area contributed by atoms with Gasteiger partial charge in [-0.1, -0.05) is 12.1 Å². The second kappa shape index (κ2) is 6.26. The van der Waals surface area contributed by atoms with E-state index in [1.807, 2.05) is 28.7 Å². The summed E-state index contributed by atoms with van der Waals surface area (Å²) < 4.78 is 2.16. The molecule has 19 heavy (non-hydrogen) atoms. The summed E-state index contributed by atoms with van der Waals surface area (Å²) in [4.78, 5) is 0. The minimum atomic E-state index is 0.287. The lowest BCUT2D eigenvalue weighted by Crippen LogP contribution is -2.31. The van der Waals surface area contributed by atoms with Crippen molar-refractivity contribution >= 4 is 11.8 Å². The predicted molar refractivity (Wildman–Crippen MR) is 82.9 cm³/mol. The van der Waals surface area contributed by atoms with Crippen LogP contribution >= 0.6 is 11.8 Å². The van der Waals surface area contributed by atoms with Crippen LogP contribution in [0.25, 0.3) is 5.69 Å². The molecule has 0 amide bonds. The van der Waals surface area contributed by atoms with Gasteiger partial charge in [0.05, 0.1) is 5.69 Å². The maximum atomic E-state index is 4.22. The van der Waals surface area contributed by atoms with Crippen molar-refractivity contribution in [2.75, 3.05) is 12.8 Å². The molecule has 0 spiro atoms. The van der Waals surface area contributed by atoms with E-state index in [4.69, 9.17) is 0 Å². The maximum Gasteiger partial charge on any atom is 0.0645 e. The van der Waals surface area contributed by atoms with E-state index in [2.05, 4.69) is 54.8 Å². The molecule has 2 aromatic rings. The first-order chi connectivity index (χ1) is 9.11. The quantitative estimate of drug-likeness (QED) is 0.878. The topological polar surface area (TPSA) is 29.9 Å². The van der Waals surface area contributed by atoms with Crippen LogP contribution in [-0.4, -0.2) is 27.3 Å². The lowest BCUT2D eigenvalue weighted by atomic mass is 10.2. The number of nitrogens with one attached hydrogen (secondary N) is 1. The standard InChI is InChI=1S/C15H21N3S/c1-15(2,19-3)12-16-11-13-5-7-14(8-6-13)18-10-4-9-17-18/h4-10,16H,11-12H2,1-3H3. The largest absolute Gasteiger partial charge is 0.311 e. The number of rotatable bonds is 6. The Balaban J connectivity index is 1.89. The summed E-state index contributed by atoms with van der Waals surface area (Å²) in [6.45, 7) is 6.43. The first-order valence-electron chi connectivity index (χ1n) is 6.45. The number of aromatic nitrogens is 2. The van der Waals surface area contributed by atoms with Crippen molar-refractivity contribution in [1.29, 1.82) is 0 Å². The normalized spacial score (nSPS) is 11.7. The second-order valence-corrected chi connectivity index (χ2v) is 6.70. The van der Waals surface area contributed by atoms with Crippen molar-refractivity contribution in [2.45, 2.75) is 25.1 Å². The van der Waals surface area contributed by atoms with Gasteiger partial charge in [0.2, 0.25) is 0 Å². The number of benzene rings is 1. The molecule has 0 saturated heterocycles. The molecule has 1 aromatic heterocycles. The summed E-state index contributed by atoms with van der Waals surface area (Å²) in [5.74, 6) is 0. The molecular formula is C15H21N3S. The van der Waals surface area contributed by atoms with Crippen LogP contribution in [0, 0.1) is 0 Å². The fraction of sp³-hybridized carbons (Fsp3) is 0.400. The molecule has 1 N–H and O–H groups in total. The van der Waals surface area contributed by atoms with Crippen LogP contribution in [-0.2, 0) is 6.54 Å². The van der Waals surface area contributed by atoms with Crippen LogP contribution in [0.3, 0.4) is 0 Å². The van der Waals surface area contributed by atoms with Crippen LogP contribution in [0.2, 0.25) is 0 Å². The van der Waals surface area contributed by atoms with Gasteiger partial charge in [-0.05, 0) is 43.9 Å². The number of hydrogen-bond donors (Lipinski definition) is 1. The van der Waals surface area contributed by atoms with Crippen LogP contribution in [0.4, 0.5) is 0 Å². The van der Waals surface area contributed by atoms with Gasteiger partial charge in [0.25, 0.3) is 0 Å².